The number of benzene rings is 1. The largest absolute Gasteiger partial charge is 0.481 e. The van der Waals surface area contributed by atoms with Crippen molar-refractivity contribution in [3.05, 3.63) is 50.3 Å². The summed E-state index contributed by atoms with van der Waals surface area (Å²) in [5.74, 6) is -0.269. The lowest BCUT2D eigenvalue weighted by Gasteiger charge is -2.24. The molecule has 8 heteroatoms. The molecule has 1 heterocycles. The van der Waals surface area contributed by atoms with Crippen LogP contribution >= 0.6 is 12.2 Å². The number of carboxylic acids is 1. The van der Waals surface area contributed by atoms with Gasteiger partial charge in [-0.05, 0) is 32.1 Å². The molecule has 0 saturated carbocycles. The van der Waals surface area contributed by atoms with E-state index in [0.717, 1.165) is 36.9 Å². The van der Waals surface area contributed by atoms with E-state index in [1.807, 2.05) is 4.57 Å². The maximum atomic E-state index is 11.1. The van der Waals surface area contributed by atoms with E-state index in [-0.39, 0.29) is 12.1 Å². The third-order valence-corrected chi connectivity index (χ3v) is 4.91. The standard InChI is InChI=1S/C18H19N3O4S/c22-16(23)9-4-10-20-15-8-2-1-7-14(15)18(26)19-17(20)12-5-3-6-13(11-12)21(24)25/h3,5-6,11H,1-2,4,7-10H2,(H,22,23). The monoisotopic (exact) mass is 373 g/mol. The smallest absolute Gasteiger partial charge is 0.303 e. The molecule has 7 nitrogen and oxygen atoms in total. The quantitative estimate of drug-likeness (QED) is 0.468. The summed E-state index contributed by atoms with van der Waals surface area (Å²) in [6.07, 6.45) is 4.35. The van der Waals surface area contributed by atoms with Crippen LogP contribution < -0.4 is 0 Å². The Balaban J connectivity index is 2.12. The second kappa shape index (κ2) is 7.74. The van der Waals surface area contributed by atoms with Crippen LogP contribution in [0.5, 0.6) is 0 Å². The average Bonchev–Trinajstić information content (AvgIpc) is 2.63. The first kappa shape index (κ1) is 18.2. The summed E-state index contributed by atoms with van der Waals surface area (Å²) < 4.78 is 2.54. The van der Waals surface area contributed by atoms with Gasteiger partial charge in [0.05, 0.1) is 4.92 Å². The highest BCUT2D eigenvalue weighted by atomic mass is 32.1. The Kier molecular flexibility index (Phi) is 5.41. The van der Waals surface area contributed by atoms with Gasteiger partial charge in [-0.3, -0.25) is 14.9 Å². The molecule has 1 aliphatic carbocycles. The fourth-order valence-electron chi connectivity index (χ4n) is 3.38. The van der Waals surface area contributed by atoms with Gasteiger partial charge in [-0.15, -0.1) is 0 Å². The van der Waals surface area contributed by atoms with Crippen molar-refractivity contribution in [3.63, 3.8) is 0 Å². The minimum atomic E-state index is -0.843. The minimum absolute atomic E-state index is 0.00924. The molecule has 26 heavy (non-hydrogen) atoms. The van der Waals surface area contributed by atoms with E-state index in [4.69, 9.17) is 17.3 Å². The Morgan fingerprint density at radius 2 is 2.12 bits per heavy atom. The number of non-ortho nitro benzene ring substituents is 1. The molecule has 0 unspecified atom stereocenters. The maximum absolute atomic E-state index is 11.1. The number of hydrogen-bond acceptors (Lipinski definition) is 5. The molecule has 0 radical (unpaired) electrons. The first-order valence-electron chi connectivity index (χ1n) is 8.56. The molecule has 0 bridgehead atoms. The molecule has 3 rings (SSSR count). The molecular weight excluding hydrogens is 354 g/mol. The summed E-state index contributed by atoms with van der Waals surface area (Å²) in [6, 6.07) is 6.32. The van der Waals surface area contributed by atoms with Gasteiger partial charge >= 0.3 is 5.97 Å². The molecule has 0 aliphatic heterocycles. The van der Waals surface area contributed by atoms with Crippen LogP contribution in [0.3, 0.4) is 0 Å². The van der Waals surface area contributed by atoms with E-state index < -0.39 is 10.9 Å². The number of carbonyl (C=O) groups is 1. The predicted octanol–water partition coefficient (Wildman–Crippen LogP) is 3.93. The van der Waals surface area contributed by atoms with Crippen LogP contribution in [0.1, 0.15) is 36.9 Å². The summed E-state index contributed by atoms with van der Waals surface area (Å²) >= 11 is 5.47. The topological polar surface area (TPSA) is 98.3 Å². The number of aliphatic carboxylic acids is 1. The first-order valence-corrected chi connectivity index (χ1v) is 8.97. The highest BCUT2D eigenvalue weighted by molar-refractivity contribution is 7.71. The normalized spacial score (nSPS) is 13.2. The van der Waals surface area contributed by atoms with Crippen LogP contribution in [0.2, 0.25) is 0 Å². The van der Waals surface area contributed by atoms with E-state index in [1.165, 1.54) is 12.1 Å². The zero-order valence-electron chi connectivity index (χ0n) is 14.2. The van der Waals surface area contributed by atoms with Crippen LogP contribution in [0, 0.1) is 14.8 Å². The second-order valence-electron chi connectivity index (χ2n) is 6.33. The zero-order valence-corrected chi connectivity index (χ0v) is 15.0. The number of nitro benzene ring substituents is 1. The fraction of sp³-hybridized carbons (Fsp3) is 0.389. The molecule has 1 aromatic heterocycles. The van der Waals surface area contributed by atoms with Crippen molar-refractivity contribution in [2.24, 2.45) is 0 Å². The molecule has 0 atom stereocenters. The van der Waals surface area contributed by atoms with Crippen molar-refractivity contribution in [2.45, 2.75) is 45.1 Å². The Bertz CT molecular complexity index is 923. The van der Waals surface area contributed by atoms with Gasteiger partial charge in [0.25, 0.3) is 5.69 Å². The second-order valence-corrected chi connectivity index (χ2v) is 6.72. The number of aromatic nitrogens is 2. The number of nitrogens with zero attached hydrogens (tertiary/aromatic N) is 3. The predicted molar refractivity (Wildman–Crippen MR) is 98.7 cm³/mol. The van der Waals surface area contributed by atoms with Crippen molar-refractivity contribution >= 4 is 23.9 Å². The van der Waals surface area contributed by atoms with Crippen molar-refractivity contribution in [2.75, 3.05) is 0 Å². The molecule has 0 amide bonds. The average molecular weight is 373 g/mol. The van der Waals surface area contributed by atoms with Crippen molar-refractivity contribution in [1.82, 2.24) is 9.55 Å². The zero-order chi connectivity index (χ0) is 18.7. The lowest BCUT2D eigenvalue weighted by Crippen LogP contribution is -2.19. The fourth-order valence-corrected chi connectivity index (χ4v) is 3.68. The molecule has 0 saturated heterocycles. The van der Waals surface area contributed by atoms with Crippen LogP contribution in [0.4, 0.5) is 5.69 Å². The number of hydrogen-bond donors (Lipinski definition) is 1. The lowest BCUT2D eigenvalue weighted by atomic mass is 9.96. The highest BCUT2D eigenvalue weighted by Gasteiger charge is 2.20. The highest BCUT2D eigenvalue weighted by Crippen LogP contribution is 2.29. The van der Waals surface area contributed by atoms with E-state index in [0.29, 0.717) is 29.0 Å². The van der Waals surface area contributed by atoms with Crippen LogP contribution in [-0.2, 0) is 24.2 Å². The van der Waals surface area contributed by atoms with Gasteiger partial charge in [-0.2, -0.15) is 0 Å². The molecule has 136 valence electrons. The summed E-state index contributed by atoms with van der Waals surface area (Å²) in [4.78, 5) is 26.1. The summed E-state index contributed by atoms with van der Waals surface area (Å²) in [5, 5.41) is 20.0. The van der Waals surface area contributed by atoms with Gasteiger partial charge in [0.2, 0.25) is 0 Å². The summed E-state index contributed by atoms with van der Waals surface area (Å²) in [6.45, 7) is 0.495. The van der Waals surface area contributed by atoms with E-state index in [2.05, 4.69) is 4.98 Å². The first-order chi connectivity index (χ1) is 12.5. The Morgan fingerprint density at radius 1 is 1.35 bits per heavy atom. The SMILES string of the molecule is O=C(O)CCCn1c(-c2cccc([N+](=O)[O-])c2)nc(=S)c2c1CCCC2. The summed E-state index contributed by atoms with van der Waals surface area (Å²) in [7, 11) is 0. The molecule has 0 fully saturated rings. The number of rotatable bonds is 6. The van der Waals surface area contributed by atoms with Crippen molar-refractivity contribution in [1.29, 1.82) is 0 Å². The van der Waals surface area contributed by atoms with Gasteiger partial charge in [-0.1, -0.05) is 24.4 Å². The molecule has 1 aliphatic rings. The molecule has 0 spiro atoms. The Morgan fingerprint density at radius 3 is 2.85 bits per heavy atom. The number of carboxylic acid groups (broad SMARTS) is 1. The van der Waals surface area contributed by atoms with E-state index >= 15 is 0 Å². The molecule has 1 N–H and O–H groups in total. The molecule has 2 aromatic rings. The minimum Gasteiger partial charge on any atom is -0.481 e. The molecule has 1 aromatic carbocycles. The van der Waals surface area contributed by atoms with Gasteiger partial charge in [0.15, 0.2) is 0 Å². The lowest BCUT2D eigenvalue weighted by molar-refractivity contribution is -0.384. The number of fused-ring (bicyclic) bond motifs is 1. The Labute approximate surface area is 155 Å². The third kappa shape index (κ3) is 3.80. The molecular formula is C18H19N3O4S. The van der Waals surface area contributed by atoms with Gasteiger partial charge in [0.1, 0.15) is 10.5 Å². The maximum Gasteiger partial charge on any atom is 0.303 e. The Hall–Kier alpha value is -2.61. The van der Waals surface area contributed by atoms with E-state index in [1.54, 1.807) is 12.1 Å². The third-order valence-electron chi connectivity index (χ3n) is 4.57. The van der Waals surface area contributed by atoms with Gasteiger partial charge < -0.3 is 9.67 Å². The van der Waals surface area contributed by atoms with Crippen LogP contribution in [0.25, 0.3) is 11.4 Å². The van der Waals surface area contributed by atoms with Gasteiger partial charge in [-0.25, -0.2) is 4.98 Å². The summed E-state index contributed by atoms with van der Waals surface area (Å²) in [5.41, 5.74) is 2.75. The number of nitro groups is 1. The van der Waals surface area contributed by atoms with E-state index in [9.17, 15) is 14.9 Å². The van der Waals surface area contributed by atoms with Crippen LogP contribution in [-0.4, -0.2) is 25.6 Å². The van der Waals surface area contributed by atoms with Gasteiger partial charge in [0, 0.05) is 41.9 Å². The van der Waals surface area contributed by atoms with Crippen LogP contribution in [0.15, 0.2) is 24.3 Å². The van der Waals surface area contributed by atoms with Crippen molar-refractivity contribution < 1.29 is 14.8 Å². The van der Waals surface area contributed by atoms with Crippen molar-refractivity contribution in [3.8, 4) is 11.4 Å².